The smallest absolute Gasteiger partial charge is 0.209 e. The molecule has 104 valence electrons. The van der Waals surface area contributed by atoms with Crippen molar-refractivity contribution in [3.05, 3.63) is 47.5 Å². The summed E-state index contributed by atoms with van der Waals surface area (Å²) in [4.78, 5) is -0.493. The molecule has 0 saturated carbocycles. The molecule has 1 heterocycles. The lowest BCUT2D eigenvalue weighted by atomic mass is 10.1. The fourth-order valence-electron chi connectivity index (χ4n) is 2.43. The van der Waals surface area contributed by atoms with Crippen LogP contribution in [0, 0.1) is 13.8 Å². The van der Waals surface area contributed by atoms with Gasteiger partial charge in [0.1, 0.15) is 0 Å². The average Bonchev–Trinajstić information content (AvgIpc) is 2.40. The number of aryl methyl sites for hydroxylation is 1. The molecule has 0 spiro atoms. The Labute approximate surface area is 117 Å². The second kappa shape index (κ2) is 3.93. The minimum Gasteiger partial charge on any atom is -0.218 e. The summed E-state index contributed by atoms with van der Waals surface area (Å²) in [5.41, 5.74) is 1.24. The Kier molecular flexibility index (Phi) is 2.62. The van der Waals surface area contributed by atoms with Crippen molar-refractivity contribution >= 4 is 19.7 Å². The van der Waals surface area contributed by atoms with Crippen LogP contribution < -0.4 is 0 Å². The molecule has 0 saturated heterocycles. The number of sulfone groups is 2. The SMILES string of the molecule is Cc1ccc2c(c1C)S(=O)(=O)c1ccccc1S2(=O)=O. The Balaban J connectivity index is 2.60. The largest absolute Gasteiger partial charge is 0.218 e. The van der Waals surface area contributed by atoms with Gasteiger partial charge in [0.2, 0.25) is 19.7 Å². The van der Waals surface area contributed by atoms with Crippen LogP contribution in [-0.2, 0) is 19.7 Å². The third-order valence-electron chi connectivity index (χ3n) is 3.63. The molecule has 20 heavy (non-hydrogen) atoms. The lowest BCUT2D eigenvalue weighted by Gasteiger charge is -2.22. The first-order valence-corrected chi connectivity index (χ1v) is 8.94. The maximum Gasteiger partial charge on any atom is 0.209 e. The lowest BCUT2D eigenvalue weighted by Crippen LogP contribution is -2.21. The maximum absolute atomic E-state index is 12.7. The number of fused-ring (bicyclic) bond motifs is 2. The third kappa shape index (κ3) is 1.52. The van der Waals surface area contributed by atoms with Gasteiger partial charge in [-0.2, -0.15) is 0 Å². The molecule has 0 N–H and O–H groups in total. The van der Waals surface area contributed by atoms with Crippen molar-refractivity contribution in [1.82, 2.24) is 0 Å². The average molecular weight is 308 g/mol. The first-order chi connectivity index (χ1) is 9.28. The van der Waals surface area contributed by atoms with E-state index in [9.17, 15) is 16.8 Å². The van der Waals surface area contributed by atoms with Gasteiger partial charge in [0.15, 0.2) is 0 Å². The molecule has 4 nitrogen and oxygen atoms in total. The quantitative estimate of drug-likeness (QED) is 0.639. The molecular formula is C14H12O4S2. The highest BCUT2D eigenvalue weighted by atomic mass is 32.2. The Morgan fingerprint density at radius 1 is 0.700 bits per heavy atom. The maximum atomic E-state index is 12.7. The molecule has 3 rings (SSSR count). The van der Waals surface area contributed by atoms with E-state index >= 15 is 0 Å². The first kappa shape index (κ1) is 13.3. The molecule has 0 atom stereocenters. The van der Waals surface area contributed by atoms with Crippen molar-refractivity contribution < 1.29 is 16.8 Å². The topological polar surface area (TPSA) is 68.3 Å². The second-order valence-electron chi connectivity index (χ2n) is 4.79. The molecule has 0 amide bonds. The van der Waals surface area contributed by atoms with Crippen LogP contribution in [0.4, 0.5) is 0 Å². The van der Waals surface area contributed by atoms with E-state index in [0.29, 0.717) is 5.56 Å². The van der Waals surface area contributed by atoms with Gasteiger partial charge >= 0.3 is 0 Å². The molecule has 0 radical (unpaired) electrons. The van der Waals surface area contributed by atoms with Crippen LogP contribution in [0.25, 0.3) is 0 Å². The van der Waals surface area contributed by atoms with E-state index in [1.165, 1.54) is 30.3 Å². The van der Waals surface area contributed by atoms with Crippen LogP contribution in [0.2, 0.25) is 0 Å². The van der Waals surface area contributed by atoms with Gasteiger partial charge in [-0.3, -0.25) is 0 Å². The molecule has 2 aromatic rings. The summed E-state index contributed by atoms with van der Waals surface area (Å²) in [5, 5.41) is 0. The van der Waals surface area contributed by atoms with E-state index in [2.05, 4.69) is 0 Å². The molecule has 1 aliphatic heterocycles. The number of benzene rings is 2. The van der Waals surface area contributed by atoms with Crippen LogP contribution in [0.15, 0.2) is 56.0 Å². The molecule has 1 aliphatic rings. The summed E-state index contributed by atoms with van der Waals surface area (Å²) in [7, 11) is -7.60. The monoisotopic (exact) mass is 308 g/mol. The van der Waals surface area contributed by atoms with Crippen LogP contribution in [0.1, 0.15) is 11.1 Å². The summed E-state index contributed by atoms with van der Waals surface area (Å²) in [6.07, 6.45) is 0. The second-order valence-corrected chi connectivity index (χ2v) is 8.53. The summed E-state index contributed by atoms with van der Waals surface area (Å²) in [5.74, 6) is 0. The highest BCUT2D eigenvalue weighted by molar-refractivity contribution is 7.97. The normalized spacial score (nSPS) is 18.1. The van der Waals surface area contributed by atoms with Gasteiger partial charge in [-0.15, -0.1) is 0 Å². The zero-order valence-electron chi connectivity index (χ0n) is 10.9. The van der Waals surface area contributed by atoms with E-state index in [1.807, 2.05) is 0 Å². The Hall–Kier alpha value is -1.66. The Morgan fingerprint density at radius 2 is 1.25 bits per heavy atom. The fraction of sp³-hybridized carbons (Fsp3) is 0.143. The zero-order chi connectivity index (χ0) is 14.7. The summed E-state index contributed by atoms with van der Waals surface area (Å²) < 4.78 is 50.5. The minimum atomic E-state index is -3.80. The fourth-order valence-corrected chi connectivity index (χ4v) is 6.93. The van der Waals surface area contributed by atoms with Crippen LogP contribution in [-0.4, -0.2) is 16.8 Å². The zero-order valence-corrected chi connectivity index (χ0v) is 12.5. The van der Waals surface area contributed by atoms with E-state index in [-0.39, 0.29) is 19.6 Å². The predicted octanol–water partition coefficient (Wildman–Crippen LogP) is 2.28. The van der Waals surface area contributed by atoms with Crippen LogP contribution in [0.5, 0.6) is 0 Å². The van der Waals surface area contributed by atoms with Crippen molar-refractivity contribution in [1.29, 1.82) is 0 Å². The number of rotatable bonds is 0. The van der Waals surface area contributed by atoms with Gasteiger partial charge in [-0.05, 0) is 43.2 Å². The van der Waals surface area contributed by atoms with Gasteiger partial charge in [-0.25, -0.2) is 16.8 Å². The molecule has 0 aromatic heterocycles. The van der Waals surface area contributed by atoms with Crippen LogP contribution in [0.3, 0.4) is 0 Å². The summed E-state index contributed by atoms with van der Waals surface area (Å²) in [6.45, 7) is 3.40. The standard InChI is InChI=1S/C14H12O4S2/c1-9-7-8-13-14(10(9)2)20(17,18)12-6-4-3-5-11(12)19(13,15)16/h3-8H,1-2H3. The third-order valence-corrected chi connectivity index (χ3v) is 7.74. The van der Waals surface area contributed by atoms with Gasteiger partial charge in [-0.1, -0.05) is 18.2 Å². The first-order valence-electron chi connectivity index (χ1n) is 5.97. The highest BCUT2D eigenvalue weighted by Crippen LogP contribution is 2.42. The Bertz CT molecular complexity index is 939. The van der Waals surface area contributed by atoms with Gasteiger partial charge in [0, 0.05) is 0 Å². The van der Waals surface area contributed by atoms with E-state index in [0.717, 1.165) is 5.56 Å². The van der Waals surface area contributed by atoms with Gasteiger partial charge < -0.3 is 0 Å². The van der Waals surface area contributed by atoms with Gasteiger partial charge in [0.25, 0.3) is 0 Å². The van der Waals surface area contributed by atoms with Crippen molar-refractivity contribution in [3.63, 3.8) is 0 Å². The van der Waals surface area contributed by atoms with Gasteiger partial charge in [0.05, 0.1) is 19.6 Å². The van der Waals surface area contributed by atoms with Crippen molar-refractivity contribution in [3.8, 4) is 0 Å². The molecule has 6 heteroatoms. The predicted molar refractivity (Wildman–Crippen MR) is 73.3 cm³/mol. The summed E-state index contributed by atoms with van der Waals surface area (Å²) in [6, 6.07) is 8.74. The molecule has 0 unspecified atom stereocenters. The molecule has 0 fully saturated rings. The van der Waals surface area contributed by atoms with Crippen molar-refractivity contribution in [2.45, 2.75) is 33.4 Å². The molecule has 0 bridgehead atoms. The Morgan fingerprint density at radius 3 is 1.85 bits per heavy atom. The van der Waals surface area contributed by atoms with Crippen molar-refractivity contribution in [2.75, 3.05) is 0 Å². The summed E-state index contributed by atoms with van der Waals surface area (Å²) >= 11 is 0. The van der Waals surface area contributed by atoms with E-state index < -0.39 is 19.7 Å². The van der Waals surface area contributed by atoms with E-state index in [1.54, 1.807) is 19.9 Å². The number of hydrogen-bond donors (Lipinski definition) is 0. The van der Waals surface area contributed by atoms with Crippen LogP contribution >= 0.6 is 0 Å². The highest BCUT2D eigenvalue weighted by Gasteiger charge is 2.40. The van der Waals surface area contributed by atoms with E-state index in [4.69, 9.17) is 0 Å². The molecular weight excluding hydrogens is 296 g/mol. The van der Waals surface area contributed by atoms with Crippen molar-refractivity contribution in [2.24, 2.45) is 0 Å². The molecule has 0 aliphatic carbocycles. The lowest BCUT2D eigenvalue weighted by molar-refractivity contribution is 0.569. The minimum absolute atomic E-state index is 0.0869. The number of hydrogen-bond acceptors (Lipinski definition) is 4. The molecule has 2 aromatic carbocycles.